The summed E-state index contributed by atoms with van der Waals surface area (Å²) in [5.74, 6) is 0.778. The lowest BCUT2D eigenvalue weighted by molar-refractivity contribution is -0.118. The van der Waals surface area contributed by atoms with Gasteiger partial charge in [-0.1, -0.05) is 50.2 Å². The Balaban J connectivity index is 1.78. The van der Waals surface area contributed by atoms with Crippen LogP contribution in [0, 0.1) is 5.41 Å². The van der Waals surface area contributed by atoms with Gasteiger partial charge in [-0.25, -0.2) is 4.79 Å². The summed E-state index contributed by atoms with van der Waals surface area (Å²) in [5.41, 5.74) is 1.99. The van der Waals surface area contributed by atoms with Gasteiger partial charge < -0.3 is 14.8 Å². The zero-order valence-electron chi connectivity index (χ0n) is 20.8. The summed E-state index contributed by atoms with van der Waals surface area (Å²) in [6, 6.07) is 15.0. The van der Waals surface area contributed by atoms with Gasteiger partial charge in [0.05, 0.1) is 26.3 Å². The molecule has 0 saturated carbocycles. The standard InChI is InChI=1S/C28H29N3O5/c1-28(2)13-18-23(19(32)14-28)22(17-10-11-20(35-3)21(12-17)36-4)24-25(29-18)31(27(34)30-26(24)33)15-16-8-6-5-7-9-16/h5-12,22,29H,13-15H2,1-4H3,(H,30,33,34)/t22-/m1/s1. The molecule has 0 amide bonds. The summed E-state index contributed by atoms with van der Waals surface area (Å²) in [4.78, 5) is 42.4. The van der Waals surface area contributed by atoms with Crippen molar-refractivity contribution in [3.05, 3.63) is 97.3 Å². The first kappa shape index (κ1) is 23.7. The summed E-state index contributed by atoms with van der Waals surface area (Å²) in [5, 5.41) is 3.35. The van der Waals surface area contributed by atoms with Gasteiger partial charge in [0.25, 0.3) is 5.56 Å². The molecule has 2 aromatic carbocycles. The van der Waals surface area contributed by atoms with Crippen LogP contribution in [-0.4, -0.2) is 29.6 Å². The van der Waals surface area contributed by atoms with Crippen LogP contribution in [0.1, 0.15) is 49.3 Å². The summed E-state index contributed by atoms with van der Waals surface area (Å²) >= 11 is 0. The van der Waals surface area contributed by atoms with Gasteiger partial charge in [-0.15, -0.1) is 0 Å². The minimum atomic E-state index is -0.661. The number of nitrogens with one attached hydrogen (secondary N) is 2. The van der Waals surface area contributed by atoms with E-state index in [4.69, 9.17) is 9.47 Å². The van der Waals surface area contributed by atoms with Crippen molar-refractivity contribution in [3.63, 3.8) is 0 Å². The molecule has 3 aromatic rings. The van der Waals surface area contributed by atoms with E-state index in [2.05, 4.69) is 10.3 Å². The van der Waals surface area contributed by atoms with Crippen LogP contribution < -0.4 is 26.0 Å². The number of benzene rings is 2. The molecular formula is C28H29N3O5. The number of aromatic nitrogens is 2. The van der Waals surface area contributed by atoms with Crippen molar-refractivity contribution >= 4 is 11.6 Å². The Morgan fingerprint density at radius 3 is 2.39 bits per heavy atom. The number of methoxy groups -OCH3 is 2. The maximum Gasteiger partial charge on any atom is 0.330 e. The Bertz CT molecular complexity index is 1500. The Kier molecular flexibility index (Phi) is 5.82. The van der Waals surface area contributed by atoms with E-state index >= 15 is 0 Å². The van der Waals surface area contributed by atoms with Gasteiger partial charge in [-0.05, 0) is 35.1 Å². The second-order valence-electron chi connectivity index (χ2n) is 10.1. The molecule has 186 valence electrons. The van der Waals surface area contributed by atoms with Gasteiger partial charge in [0.2, 0.25) is 0 Å². The van der Waals surface area contributed by atoms with E-state index in [1.54, 1.807) is 26.4 Å². The topological polar surface area (TPSA) is 102 Å². The van der Waals surface area contributed by atoms with Crippen molar-refractivity contribution in [2.45, 2.75) is 39.2 Å². The molecule has 8 heteroatoms. The minimum Gasteiger partial charge on any atom is -0.493 e. The van der Waals surface area contributed by atoms with Crippen molar-refractivity contribution < 1.29 is 14.3 Å². The molecule has 2 N–H and O–H groups in total. The lowest BCUT2D eigenvalue weighted by Gasteiger charge is -2.39. The van der Waals surface area contributed by atoms with Crippen molar-refractivity contribution in [3.8, 4) is 11.5 Å². The van der Waals surface area contributed by atoms with Gasteiger partial charge >= 0.3 is 5.69 Å². The van der Waals surface area contributed by atoms with Crippen LogP contribution in [0.15, 0.2) is 69.4 Å². The highest BCUT2D eigenvalue weighted by Gasteiger charge is 2.43. The number of rotatable bonds is 5. The van der Waals surface area contributed by atoms with Crippen molar-refractivity contribution in [1.29, 1.82) is 0 Å². The fraction of sp³-hybridized carbons (Fsp3) is 0.321. The van der Waals surface area contributed by atoms with Crippen molar-refractivity contribution in [2.24, 2.45) is 5.41 Å². The van der Waals surface area contributed by atoms with E-state index in [-0.39, 0.29) is 17.7 Å². The maximum atomic E-state index is 13.5. The Morgan fingerprint density at radius 1 is 0.972 bits per heavy atom. The first-order chi connectivity index (χ1) is 17.2. The van der Waals surface area contributed by atoms with Gasteiger partial charge in [0.1, 0.15) is 5.82 Å². The number of carbonyl (C=O) groups excluding carboxylic acids is 1. The number of ketones is 1. The molecule has 1 atom stereocenters. The van der Waals surface area contributed by atoms with Crippen LogP contribution in [0.25, 0.3) is 0 Å². The second-order valence-corrected chi connectivity index (χ2v) is 10.1. The van der Waals surface area contributed by atoms with Gasteiger partial charge in [0.15, 0.2) is 17.3 Å². The number of nitrogens with zero attached hydrogens (tertiary/aromatic N) is 1. The van der Waals surface area contributed by atoms with E-state index in [1.807, 2.05) is 50.2 Å². The SMILES string of the molecule is COc1ccc([C@@H]2C3=C(CC(C)(C)CC3=O)Nc3c2c(=O)[nH]c(=O)n3Cc2ccccc2)cc1OC. The van der Waals surface area contributed by atoms with Crippen LogP contribution in [0.5, 0.6) is 11.5 Å². The monoisotopic (exact) mass is 487 g/mol. The molecule has 36 heavy (non-hydrogen) atoms. The Morgan fingerprint density at radius 2 is 1.69 bits per heavy atom. The highest BCUT2D eigenvalue weighted by molar-refractivity contribution is 6.01. The first-order valence-electron chi connectivity index (χ1n) is 11.9. The minimum absolute atomic E-state index is 0.0144. The molecule has 2 aliphatic rings. The smallest absolute Gasteiger partial charge is 0.330 e. The molecule has 5 rings (SSSR count). The van der Waals surface area contributed by atoms with E-state index < -0.39 is 17.2 Å². The fourth-order valence-corrected chi connectivity index (χ4v) is 5.34. The van der Waals surface area contributed by atoms with Crippen LogP contribution in [-0.2, 0) is 11.3 Å². The van der Waals surface area contributed by atoms with Gasteiger partial charge in [-0.2, -0.15) is 0 Å². The lowest BCUT2D eigenvalue weighted by atomic mass is 9.69. The third-order valence-corrected chi connectivity index (χ3v) is 6.93. The lowest BCUT2D eigenvalue weighted by Crippen LogP contribution is -2.42. The normalized spacial score (nSPS) is 18.2. The number of ether oxygens (including phenoxy) is 2. The molecule has 2 heterocycles. The average molecular weight is 488 g/mol. The van der Waals surface area contributed by atoms with Gasteiger partial charge in [0, 0.05) is 23.6 Å². The highest BCUT2D eigenvalue weighted by Crippen LogP contribution is 2.48. The third kappa shape index (κ3) is 4.02. The largest absolute Gasteiger partial charge is 0.493 e. The van der Waals surface area contributed by atoms with Crippen LogP contribution in [0.4, 0.5) is 5.82 Å². The summed E-state index contributed by atoms with van der Waals surface area (Å²) < 4.78 is 12.5. The Hall–Kier alpha value is -4.07. The number of allylic oxidation sites excluding steroid dienone is 2. The average Bonchev–Trinajstić information content (AvgIpc) is 2.84. The van der Waals surface area contributed by atoms with Crippen LogP contribution in [0.2, 0.25) is 0 Å². The van der Waals surface area contributed by atoms with E-state index in [1.165, 1.54) is 4.57 Å². The number of aromatic amines is 1. The number of Topliss-reactive ketones (excluding diaryl/α,β-unsaturated/α-hetero) is 1. The van der Waals surface area contributed by atoms with Gasteiger partial charge in [-0.3, -0.25) is 19.1 Å². The Labute approximate surface area is 208 Å². The fourth-order valence-electron chi connectivity index (χ4n) is 5.34. The number of H-pyrrole nitrogens is 1. The number of carbonyl (C=O) groups is 1. The molecule has 8 nitrogen and oxygen atoms in total. The zero-order valence-corrected chi connectivity index (χ0v) is 20.8. The molecule has 0 spiro atoms. The number of hydrogen-bond donors (Lipinski definition) is 2. The summed E-state index contributed by atoms with van der Waals surface area (Å²) in [6.07, 6.45) is 0.984. The number of hydrogen-bond acceptors (Lipinski definition) is 6. The molecule has 0 radical (unpaired) electrons. The molecule has 0 bridgehead atoms. The number of fused-ring (bicyclic) bond motifs is 1. The van der Waals surface area contributed by atoms with E-state index in [0.717, 1.165) is 11.3 Å². The number of anilines is 1. The van der Waals surface area contributed by atoms with Crippen LogP contribution >= 0.6 is 0 Å². The first-order valence-corrected chi connectivity index (χ1v) is 11.9. The third-order valence-electron chi connectivity index (χ3n) is 6.93. The molecule has 0 fully saturated rings. The zero-order chi connectivity index (χ0) is 25.6. The molecule has 0 unspecified atom stereocenters. The van der Waals surface area contributed by atoms with E-state index in [0.29, 0.717) is 46.9 Å². The molecular weight excluding hydrogens is 458 g/mol. The second kappa shape index (κ2) is 8.86. The van der Waals surface area contributed by atoms with Crippen LogP contribution in [0.3, 0.4) is 0 Å². The van der Waals surface area contributed by atoms with Crippen molar-refractivity contribution in [1.82, 2.24) is 9.55 Å². The maximum absolute atomic E-state index is 13.5. The predicted molar refractivity (Wildman–Crippen MR) is 137 cm³/mol. The van der Waals surface area contributed by atoms with E-state index in [9.17, 15) is 14.4 Å². The molecule has 1 aromatic heterocycles. The van der Waals surface area contributed by atoms with Crippen molar-refractivity contribution in [2.75, 3.05) is 19.5 Å². The molecule has 1 aliphatic heterocycles. The summed E-state index contributed by atoms with van der Waals surface area (Å²) in [6.45, 7) is 4.36. The highest BCUT2D eigenvalue weighted by atomic mass is 16.5. The summed E-state index contributed by atoms with van der Waals surface area (Å²) in [7, 11) is 3.10. The molecule has 1 aliphatic carbocycles. The molecule has 0 saturated heterocycles. The predicted octanol–water partition coefficient (Wildman–Crippen LogP) is 3.80. The quantitative estimate of drug-likeness (QED) is 0.568.